The Hall–Kier alpha value is -3.49. The van der Waals surface area contributed by atoms with Crippen molar-refractivity contribution in [1.82, 2.24) is 14.7 Å². The zero-order valence-electron chi connectivity index (χ0n) is 21.0. The molecule has 0 saturated carbocycles. The van der Waals surface area contributed by atoms with Gasteiger partial charge in [0.05, 0.1) is 20.3 Å². The molecule has 1 aromatic carbocycles. The van der Waals surface area contributed by atoms with Crippen LogP contribution in [0.25, 0.3) is 11.3 Å². The van der Waals surface area contributed by atoms with Gasteiger partial charge in [-0.05, 0) is 49.3 Å². The Morgan fingerprint density at radius 1 is 1.17 bits per heavy atom. The fourth-order valence-corrected chi connectivity index (χ4v) is 5.45. The molecule has 35 heavy (non-hydrogen) atoms. The topological polar surface area (TPSA) is 112 Å². The normalized spacial score (nSPS) is 18.1. The zero-order chi connectivity index (χ0) is 25.3. The number of primary amides is 1. The van der Waals surface area contributed by atoms with E-state index in [0.717, 1.165) is 31.4 Å². The van der Waals surface area contributed by atoms with Gasteiger partial charge in [-0.25, -0.2) is 4.68 Å². The number of nitrogens with two attached hydrogens (primary N) is 1. The minimum atomic E-state index is -0.535. The van der Waals surface area contributed by atoms with Crippen LogP contribution in [0.1, 0.15) is 61.0 Å². The summed E-state index contributed by atoms with van der Waals surface area (Å²) in [5.41, 5.74) is 8.44. The Bertz CT molecular complexity index is 1110. The predicted octanol–water partition coefficient (Wildman–Crippen LogP) is 3.57. The number of benzene rings is 1. The van der Waals surface area contributed by atoms with Gasteiger partial charge in [0, 0.05) is 30.8 Å². The highest BCUT2D eigenvalue weighted by atomic mass is 16.5. The molecular formula is C26H35N5O4. The fraction of sp³-hybridized carbons (Fsp3) is 0.500. The molecule has 2 amide bonds. The number of fused-ring (bicyclic) bond motifs is 1. The first-order chi connectivity index (χ1) is 16.8. The number of nitrogens with one attached hydrogen (secondary N) is 1. The molecule has 188 valence electrons. The third-order valence-corrected chi connectivity index (χ3v) is 7.17. The van der Waals surface area contributed by atoms with Gasteiger partial charge in [0.2, 0.25) is 5.91 Å². The summed E-state index contributed by atoms with van der Waals surface area (Å²) in [6.07, 6.45) is 3.99. The number of piperidine rings is 1. The van der Waals surface area contributed by atoms with E-state index in [0.29, 0.717) is 53.1 Å². The number of aromatic nitrogens is 2. The van der Waals surface area contributed by atoms with Crippen LogP contribution in [0.2, 0.25) is 0 Å². The molecule has 9 nitrogen and oxygen atoms in total. The van der Waals surface area contributed by atoms with E-state index in [1.165, 1.54) is 6.08 Å². The number of hydrogen-bond donors (Lipinski definition) is 2. The summed E-state index contributed by atoms with van der Waals surface area (Å²) in [6, 6.07) is 3.90. The number of nitrogens with zero attached hydrogens (tertiary/aromatic N) is 3. The first-order valence-electron chi connectivity index (χ1n) is 12.1. The van der Waals surface area contributed by atoms with Crippen LogP contribution < -0.4 is 20.5 Å². The Morgan fingerprint density at radius 2 is 1.80 bits per heavy atom. The molecule has 0 spiro atoms. The molecule has 2 aromatic rings. The summed E-state index contributed by atoms with van der Waals surface area (Å²) >= 11 is 0. The molecule has 3 heterocycles. The Labute approximate surface area is 206 Å². The maximum absolute atomic E-state index is 12.7. The van der Waals surface area contributed by atoms with Crippen molar-refractivity contribution < 1.29 is 19.1 Å². The second-order valence-corrected chi connectivity index (χ2v) is 9.48. The highest BCUT2D eigenvalue weighted by molar-refractivity contribution is 6.04. The van der Waals surface area contributed by atoms with Crippen molar-refractivity contribution >= 4 is 17.6 Å². The molecule has 4 rings (SSSR count). The monoisotopic (exact) mass is 481 g/mol. The zero-order valence-corrected chi connectivity index (χ0v) is 21.0. The summed E-state index contributed by atoms with van der Waals surface area (Å²) in [7, 11) is 3.25. The van der Waals surface area contributed by atoms with Gasteiger partial charge < -0.3 is 25.4 Å². The van der Waals surface area contributed by atoms with Gasteiger partial charge in [-0.15, -0.1) is 0 Å². The molecule has 0 aliphatic carbocycles. The Morgan fingerprint density at radius 3 is 2.31 bits per heavy atom. The Kier molecular flexibility index (Phi) is 7.05. The van der Waals surface area contributed by atoms with Crippen molar-refractivity contribution in [2.75, 3.05) is 39.2 Å². The maximum Gasteiger partial charge on any atom is 0.254 e. The van der Waals surface area contributed by atoms with Crippen LogP contribution in [-0.4, -0.2) is 60.3 Å². The van der Waals surface area contributed by atoms with Crippen LogP contribution >= 0.6 is 0 Å². The highest BCUT2D eigenvalue weighted by Gasteiger charge is 2.36. The van der Waals surface area contributed by atoms with Crippen molar-refractivity contribution in [3.05, 3.63) is 35.9 Å². The lowest BCUT2D eigenvalue weighted by Gasteiger charge is -2.38. The molecule has 1 saturated heterocycles. The second kappa shape index (κ2) is 10.0. The van der Waals surface area contributed by atoms with Crippen LogP contribution in [0.3, 0.4) is 0 Å². The van der Waals surface area contributed by atoms with Crippen molar-refractivity contribution in [2.24, 2.45) is 11.7 Å². The van der Waals surface area contributed by atoms with Gasteiger partial charge >= 0.3 is 0 Å². The third-order valence-electron chi connectivity index (χ3n) is 7.17. The summed E-state index contributed by atoms with van der Waals surface area (Å²) < 4.78 is 13.3. The van der Waals surface area contributed by atoms with Gasteiger partial charge in [-0.3, -0.25) is 9.59 Å². The number of hydrogen-bond acceptors (Lipinski definition) is 6. The van der Waals surface area contributed by atoms with Gasteiger partial charge in [-0.1, -0.05) is 20.4 Å². The number of methoxy groups -OCH3 is 2. The fourth-order valence-electron chi connectivity index (χ4n) is 5.45. The molecule has 1 fully saturated rings. The number of carbonyl (C=O) groups excluding carboxylic acids is 2. The molecule has 0 radical (unpaired) electrons. The van der Waals surface area contributed by atoms with E-state index < -0.39 is 5.91 Å². The number of amides is 2. The standard InChI is InChI=1S/C26H35N5O4/c1-6-21(32)30-11-8-16(9-12-30)18-7-10-28-26-23(25(27)33)24(29-31(18)26)17-13-19(34-4)22(15(2)3)20(14-17)35-5/h6,13-16,18,28H,1,7-12H2,2-5H3,(H2,27,33). The van der Waals surface area contributed by atoms with Crippen molar-refractivity contribution in [1.29, 1.82) is 0 Å². The molecular weight excluding hydrogens is 446 g/mol. The highest BCUT2D eigenvalue weighted by Crippen LogP contribution is 2.43. The number of anilines is 1. The summed E-state index contributed by atoms with van der Waals surface area (Å²) in [6.45, 7) is 9.85. The van der Waals surface area contributed by atoms with E-state index in [4.69, 9.17) is 20.3 Å². The minimum Gasteiger partial charge on any atom is -0.496 e. The van der Waals surface area contributed by atoms with E-state index in [1.54, 1.807) is 14.2 Å². The molecule has 2 aliphatic rings. The maximum atomic E-state index is 12.7. The molecule has 1 atom stereocenters. The number of carbonyl (C=O) groups is 2. The molecule has 0 bridgehead atoms. The molecule has 3 N–H and O–H groups in total. The summed E-state index contributed by atoms with van der Waals surface area (Å²) in [5, 5.41) is 8.29. The SMILES string of the molecule is C=CC(=O)N1CCC(C2CCNc3c(C(N)=O)c(-c4cc(OC)c(C(C)C)c(OC)c4)nn32)CC1. The summed E-state index contributed by atoms with van der Waals surface area (Å²) in [5.74, 6) is 1.97. The minimum absolute atomic E-state index is 0.0282. The van der Waals surface area contributed by atoms with Gasteiger partial charge in [0.1, 0.15) is 28.6 Å². The average molecular weight is 482 g/mol. The molecule has 9 heteroatoms. The Balaban J connectivity index is 1.76. The van der Waals surface area contributed by atoms with Crippen molar-refractivity contribution in [3.63, 3.8) is 0 Å². The lowest BCUT2D eigenvalue weighted by atomic mass is 9.87. The third kappa shape index (κ3) is 4.47. The van der Waals surface area contributed by atoms with E-state index in [-0.39, 0.29) is 17.9 Å². The first-order valence-corrected chi connectivity index (χ1v) is 12.1. The van der Waals surface area contributed by atoms with E-state index in [2.05, 4.69) is 25.7 Å². The van der Waals surface area contributed by atoms with Crippen LogP contribution in [0.5, 0.6) is 11.5 Å². The predicted molar refractivity (Wildman–Crippen MR) is 135 cm³/mol. The lowest BCUT2D eigenvalue weighted by molar-refractivity contribution is -0.127. The van der Waals surface area contributed by atoms with E-state index >= 15 is 0 Å². The molecule has 1 aromatic heterocycles. The quantitative estimate of drug-likeness (QED) is 0.585. The van der Waals surface area contributed by atoms with E-state index in [9.17, 15) is 9.59 Å². The van der Waals surface area contributed by atoms with Gasteiger partial charge in [0.15, 0.2) is 0 Å². The number of likely N-dealkylation sites (tertiary alicyclic amines) is 1. The van der Waals surface area contributed by atoms with Crippen molar-refractivity contribution in [3.8, 4) is 22.8 Å². The lowest BCUT2D eigenvalue weighted by Crippen LogP contribution is -2.41. The van der Waals surface area contributed by atoms with Crippen LogP contribution in [0.15, 0.2) is 24.8 Å². The number of ether oxygens (including phenoxy) is 2. The van der Waals surface area contributed by atoms with Crippen molar-refractivity contribution in [2.45, 2.75) is 45.1 Å². The molecule has 1 unspecified atom stereocenters. The van der Waals surface area contributed by atoms with Gasteiger partial charge in [0.25, 0.3) is 5.91 Å². The van der Waals surface area contributed by atoms with E-state index in [1.807, 2.05) is 21.7 Å². The first kappa shape index (κ1) is 24.6. The summed E-state index contributed by atoms with van der Waals surface area (Å²) in [4.78, 5) is 26.5. The number of rotatable bonds is 7. The smallest absolute Gasteiger partial charge is 0.254 e. The second-order valence-electron chi connectivity index (χ2n) is 9.48. The largest absolute Gasteiger partial charge is 0.496 e. The van der Waals surface area contributed by atoms with Gasteiger partial charge in [-0.2, -0.15) is 5.10 Å². The van der Waals surface area contributed by atoms with Crippen LogP contribution in [-0.2, 0) is 4.79 Å². The average Bonchev–Trinajstić information content (AvgIpc) is 3.27. The van der Waals surface area contributed by atoms with Crippen LogP contribution in [0, 0.1) is 5.92 Å². The van der Waals surface area contributed by atoms with Crippen LogP contribution in [0.4, 0.5) is 5.82 Å². The molecule has 2 aliphatic heterocycles.